The number of benzene rings is 2. The maximum atomic E-state index is 13.1. The molecule has 0 aliphatic carbocycles. The second-order valence-electron chi connectivity index (χ2n) is 8.83. The van der Waals surface area contributed by atoms with E-state index in [1.54, 1.807) is 6.92 Å². The van der Waals surface area contributed by atoms with Gasteiger partial charge in [0.1, 0.15) is 5.41 Å². The van der Waals surface area contributed by atoms with Crippen molar-refractivity contribution in [3.05, 3.63) is 71.8 Å². The Hall–Kier alpha value is -2.70. The van der Waals surface area contributed by atoms with E-state index in [0.717, 1.165) is 56.4 Å². The molecule has 0 saturated carbocycles. The Morgan fingerprint density at radius 2 is 1.62 bits per heavy atom. The summed E-state index contributed by atoms with van der Waals surface area (Å²) in [6.07, 6.45) is 3.96. The molecule has 5 N–H and O–H groups in total. The van der Waals surface area contributed by atoms with E-state index in [1.807, 2.05) is 60.7 Å². The fraction of sp³-hybridized carbons (Fsp3) is 0.462. The number of rotatable bonds is 11. The molecular weight excluding hydrogens is 400 g/mol. The Kier molecular flexibility index (Phi) is 8.42. The van der Waals surface area contributed by atoms with Crippen molar-refractivity contribution in [2.24, 2.45) is 17.4 Å². The van der Waals surface area contributed by atoms with Crippen molar-refractivity contribution >= 4 is 11.8 Å². The van der Waals surface area contributed by atoms with Gasteiger partial charge >= 0.3 is 0 Å². The largest absolute Gasteiger partial charge is 0.369 e. The minimum atomic E-state index is -0.833. The van der Waals surface area contributed by atoms with Crippen molar-refractivity contribution in [3.63, 3.8) is 0 Å². The molecule has 2 atom stereocenters. The van der Waals surface area contributed by atoms with Crippen molar-refractivity contribution in [2.75, 3.05) is 26.2 Å². The predicted molar refractivity (Wildman–Crippen MR) is 128 cm³/mol. The average Bonchev–Trinajstić information content (AvgIpc) is 3.26. The molecule has 3 rings (SSSR count). The molecule has 1 fully saturated rings. The molecule has 1 aliphatic rings. The number of nitrogens with one attached hydrogen (secondary N) is 1. The van der Waals surface area contributed by atoms with Crippen LogP contribution in [0.1, 0.15) is 43.7 Å². The lowest BCUT2D eigenvalue weighted by Crippen LogP contribution is -2.49. The van der Waals surface area contributed by atoms with E-state index in [-0.39, 0.29) is 17.7 Å². The van der Waals surface area contributed by atoms with Crippen LogP contribution in [0.5, 0.6) is 0 Å². The van der Waals surface area contributed by atoms with Gasteiger partial charge in [-0.15, -0.1) is 0 Å². The molecule has 6 nitrogen and oxygen atoms in total. The molecule has 32 heavy (non-hydrogen) atoms. The topological polar surface area (TPSA) is 101 Å². The maximum absolute atomic E-state index is 13.1. The number of hydrogen-bond acceptors (Lipinski definition) is 4. The van der Waals surface area contributed by atoms with E-state index in [4.69, 9.17) is 11.5 Å². The fourth-order valence-corrected chi connectivity index (χ4v) is 4.92. The maximum Gasteiger partial charge on any atom is 0.236 e. The third-order valence-corrected chi connectivity index (χ3v) is 6.60. The normalized spacial score (nSPS) is 17.8. The highest BCUT2D eigenvalue weighted by molar-refractivity contribution is 5.91. The number of carbonyl (C=O) groups is 2. The van der Waals surface area contributed by atoms with Crippen LogP contribution in [0.3, 0.4) is 0 Å². The smallest absolute Gasteiger partial charge is 0.236 e. The van der Waals surface area contributed by atoms with Crippen molar-refractivity contribution < 1.29 is 9.59 Å². The van der Waals surface area contributed by atoms with Crippen LogP contribution in [0.4, 0.5) is 0 Å². The van der Waals surface area contributed by atoms with Gasteiger partial charge in [0.05, 0.1) is 6.04 Å². The Morgan fingerprint density at radius 3 is 2.16 bits per heavy atom. The van der Waals surface area contributed by atoms with E-state index in [2.05, 4.69) is 10.2 Å². The highest BCUT2D eigenvalue weighted by atomic mass is 16.2. The monoisotopic (exact) mass is 436 g/mol. The summed E-state index contributed by atoms with van der Waals surface area (Å²) in [4.78, 5) is 27.1. The number of primary amides is 1. The molecule has 1 aliphatic heterocycles. The Balaban J connectivity index is 1.65. The van der Waals surface area contributed by atoms with E-state index in [9.17, 15) is 9.59 Å². The summed E-state index contributed by atoms with van der Waals surface area (Å²) in [6.45, 7) is 5.14. The van der Waals surface area contributed by atoms with Crippen LogP contribution in [-0.4, -0.2) is 48.9 Å². The van der Waals surface area contributed by atoms with Crippen LogP contribution in [0.2, 0.25) is 0 Å². The number of amides is 2. The number of nitrogens with zero attached hydrogens (tertiary/aromatic N) is 1. The van der Waals surface area contributed by atoms with Crippen molar-refractivity contribution in [1.82, 2.24) is 10.2 Å². The van der Waals surface area contributed by atoms with E-state index in [1.165, 1.54) is 0 Å². The number of nitrogens with two attached hydrogens (primary N) is 2. The minimum Gasteiger partial charge on any atom is -0.369 e. The number of hydrogen-bond donors (Lipinski definition) is 3. The fourth-order valence-electron chi connectivity index (χ4n) is 4.92. The summed E-state index contributed by atoms with van der Waals surface area (Å²) in [5, 5.41) is 2.86. The van der Waals surface area contributed by atoms with Gasteiger partial charge in [0.25, 0.3) is 0 Å². The molecule has 2 amide bonds. The van der Waals surface area contributed by atoms with Gasteiger partial charge in [0.15, 0.2) is 0 Å². The molecule has 1 heterocycles. The van der Waals surface area contributed by atoms with Crippen LogP contribution in [0.15, 0.2) is 60.7 Å². The van der Waals surface area contributed by atoms with Crippen LogP contribution < -0.4 is 16.8 Å². The van der Waals surface area contributed by atoms with Crippen LogP contribution in [-0.2, 0) is 15.0 Å². The van der Waals surface area contributed by atoms with Crippen molar-refractivity contribution in [3.8, 4) is 0 Å². The van der Waals surface area contributed by atoms with Crippen molar-refractivity contribution in [1.29, 1.82) is 0 Å². The zero-order valence-electron chi connectivity index (χ0n) is 19.0. The zero-order valence-corrected chi connectivity index (χ0v) is 19.0. The predicted octanol–water partition coefficient (Wildman–Crippen LogP) is 2.41. The van der Waals surface area contributed by atoms with Gasteiger partial charge in [0, 0.05) is 13.1 Å². The summed E-state index contributed by atoms with van der Waals surface area (Å²) in [7, 11) is 0. The Morgan fingerprint density at radius 1 is 1.03 bits per heavy atom. The summed E-state index contributed by atoms with van der Waals surface area (Å²) in [5.41, 5.74) is 12.8. The SMILES string of the molecule is CC(N)C(=O)NCCCCCN1CC[C@@H](C(C(N)=O)(c2ccccc2)c2ccccc2)C1. The van der Waals surface area contributed by atoms with Crippen molar-refractivity contribution in [2.45, 2.75) is 44.1 Å². The lowest BCUT2D eigenvalue weighted by atomic mass is 9.64. The summed E-state index contributed by atoms with van der Waals surface area (Å²) in [6, 6.07) is 19.5. The number of carbonyl (C=O) groups excluding carboxylic acids is 2. The van der Waals surface area contributed by atoms with Gasteiger partial charge in [-0.05, 0) is 56.3 Å². The standard InChI is InChI=1S/C26H36N4O2/c1-20(27)24(31)29-16-9-4-10-17-30-18-15-23(19-30)26(25(28)32,21-11-5-2-6-12-21)22-13-7-3-8-14-22/h2-3,5-8,11-14,20,23H,4,9-10,15-19,27H2,1H3,(H2,28,32)(H,29,31)/t20?,23-/m1/s1. The molecule has 0 spiro atoms. The second kappa shape index (κ2) is 11.2. The summed E-state index contributed by atoms with van der Waals surface area (Å²) >= 11 is 0. The molecule has 2 aromatic rings. The first kappa shape index (κ1) is 24.0. The number of unbranched alkanes of at least 4 members (excludes halogenated alkanes) is 2. The number of likely N-dealkylation sites (tertiary alicyclic amines) is 1. The molecule has 0 bridgehead atoms. The second-order valence-corrected chi connectivity index (χ2v) is 8.83. The summed E-state index contributed by atoms with van der Waals surface area (Å²) < 4.78 is 0. The van der Waals surface area contributed by atoms with Crippen LogP contribution in [0.25, 0.3) is 0 Å². The van der Waals surface area contributed by atoms with Gasteiger partial charge in [-0.2, -0.15) is 0 Å². The van der Waals surface area contributed by atoms with E-state index in [0.29, 0.717) is 6.54 Å². The highest BCUT2D eigenvalue weighted by Crippen LogP contribution is 2.43. The first-order valence-corrected chi connectivity index (χ1v) is 11.6. The molecule has 2 aromatic carbocycles. The van der Waals surface area contributed by atoms with Crippen LogP contribution >= 0.6 is 0 Å². The Bertz CT molecular complexity index is 830. The van der Waals surface area contributed by atoms with E-state index < -0.39 is 11.5 Å². The summed E-state index contributed by atoms with van der Waals surface area (Å²) in [5.74, 6) is -0.265. The first-order chi connectivity index (χ1) is 15.5. The van der Waals surface area contributed by atoms with Gasteiger partial charge in [0.2, 0.25) is 11.8 Å². The molecule has 6 heteroatoms. The van der Waals surface area contributed by atoms with Gasteiger partial charge in [-0.25, -0.2) is 0 Å². The average molecular weight is 437 g/mol. The highest BCUT2D eigenvalue weighted by Gasteiger charge is 2.49. The third-order valence-electron chi connectivity index (χ3n) is 6.60. The zero-order chi connectivity index (χ0) is 23.0. The lowest BCUT2D eigenvalue weighted by molar-refractivity contribution is -0.124. The quantitative estimate of drug-likeness (QED) is 0.471. The van der Waals surface area contributed by atoms with Gasteiger partial charge < -0.3 is 21.7 Å². The first-order valence-electron chi connectivity index (χ1n) is 11.6. The molecule has 1 unspecified atom stereocenters. The Labute approximate surface area is 191 Å². The molecule has 1 saturated heterocycles. The minimum absolute atomic E-state index is 0.1000. The third kappa shape index (κ3) is 5.37. The molecule has 0 aromatic heterocycles. The van der Waals surface area contributed by atoms with Gasteiger partial charge in [-0.3, -0.25) is 9.59 Å². The van der Waals surface area contributed by atoms with E-state index >= 15 is 0 Å². The van der Waals surface area contributed by atoms with Gasteiger partial charge in [-0.1, -0.05) is 67.1 Å². The molecule has 172 valence electrons. The molecule has 0 radical (unpaired) electrons. The van der Waals surface area contributed by atoms with Crippen LogP contribution in [0, 0.1) is 5.92 Å². The lowest BCUT2D eigenvalue weighted by Gasteiger charge is -2.37. The molecular formula is C26H36N4O2.